The number of hydrogen-bond acceptors (Lipinski definition) is 2. The maximum absolute atomic E-state index is 6.38. The van der Waals surface area contributed by atoms with Crippen LogP contribution in [0.4, 0.5) is 0 Å². The Hall–Kier alpha value is -3.39. The van der Waals surface area contributed by atoms with Crippen molar-refractivity contribution < 1.29 is 4.42 Å². The van der Waals surface area contributed by atoms with E-state index < -0.39 is 0 Å². The van der Waals surface area contributed by atoms with E-state index in [4.69, 9.17) is 9.40 Å². The molecule has 5 aromatic rings. The lowest BCUT2D eigenvalue weighted by molar-refractivity contribution is 0.668. The van der Waals surface area contributed by atoms with Crippen LogP contribution in [0.5, 0.6) is 0 Å². The Balaban J connectivity index is 1.59. The monoisotopic (exact) mass is 375 g/mol. The van der Waals surface area contributed by atoms with Gasteiger partial charge in [0.25, 0.3) is 0 Å². The summed E-state index contributed by atoms with van der Waals surface area (Å²) in [5.74, 6) is 0. The molecule has 2 heteroatoms. The third-order valence-electron chi connectivity index (χ3n) is 6.13. The average molecular weight is 375 g/mol. The Kier molecular flexibility index (Phi) is 3.76. The lowest BCUT2D eigenvalue weighted by Crippen LogP contribution is -2.05. The summed E-state index contributed by atoms with van der Waals surface area (Å²) in [6.07, 6.45) is 6.72. The molecule has 0 radical (unpaired) electrons. The molecule has 29 heavy (non-hydrogen) atoms. The van der Waals surface area contributed by atoms with E-state index in [1.165, 1.54) is 35.1 Å². The minimum absolute atomic E-state index is 0.928. The van der Waals surface area contributed by atoms with Crippen LogP contribution in [0, 0.1) is 0 Å². The van der Waals surface area contributed by atoms with E-state index >= 15 is 0 Å². The highest BCUT2D eigenvalue weighted by molar-refractivity contribution is 6.10. The fourth-order valence-electron chi connectivity index (χ4n) is 4.69. The highest BCUT2D eigenvalue weighted by Crippen LogP contribution is 2.39. The number of furan rings is 1. The lowest BCUT2D eigenvalue weighted by Gasteiger charge is -2.18. The summed E-state index contributed by atoms with van der Waals surface area (Å²) in [5.41, 5.74) is 9.35. The van der Waals surface area contributed by atoms with Gasteiger partial charge in [0.1, 0.15) is 11.2 Å². The zero-order valence-electron chi connectivity index (χ0n) is 16.2. The van der Waals surface area contributed by atoms with Crippen LogP contribution in [0.2, 0.25) is 0 Å². The topological polar surface area (TPSA) is 26.0 Å². The van der Waals surface area contributed by atoms with Crippen LogP contribution >= 0.6 is 0 Å². The van der Waals surface area contributed by atoms with Gasteiger partial charge in [-0.25, -0.2) is 0 Å². The summed E-state index contributed by atoms with van der Waals surface area (Å²) >= 11 is 0. The van der Waals surface area contributed by atoms with E-state index in [9.17, 15) is 0 Å². The van der Waals surface area contributed by atoms with Crippen molar-refractivity contribution in [1.29, 1.82) is 0 Å². The third kappa shape index (κ3) is 2.67. The first-order chi connectivity index (χ1) is 14.4. The van der Waals surface area contributed by atoms with Crippen molar-refractivity contribution in [3.8, 4) is 22.4 Å². The van der Waals surface area contributed by atoms with Crippen LogP contribution in [-0.4, -0.2) is 4.98 Å². The summed E-state index contributed by atoms with van der Waals surface area (Å²) in [6.45, 7) is 0. The van der Waals surface area contributed by atoms with Gasteiger partial charge < -0.3 is 4.42 Å². The molecule has 1 aliphatic carbocycles. The quantitative estimate of drug-likeness (QED) is 0.326. The summed E-state index contributed by atoms with van der Waals surface area (Å²) < 4.78 is 6.38. The van der Waals surface area contributed by atoms with Gasteiger partial charge in [-0.05, 0) is 72.2 Å². The minimum atomic E-state index is 0.928. The van der Waals surface area contributed by atoms with Crippen LogP contribution < -0.4 is 0 Å². The number of hydrogen-bond donors (Lipinski definition) is 0. The largest absolute Gasteiger partial charge is 0.455 e. The summed E-state index contributed by atoms with van der Waals surface area (Å²) in [7, 11) is 0. The zero-order chi connectivity index (χ0) is 19.2. The van der Waals surface area contributed by atoms with Crippen molar-refractivity contribution in [3.05, 3.63) is 90.1 Å². The molecule has 2 heterocycles. The number of para-hydroxylation sites is 1. The van der Waals surface area contributed by atoms with E-state index in [1.54, 1.807) is 0 Å². The Morgan fingerprint density at radius 2 is 1.62 bits per heavy atom. The van der Waals surface area contributed by atoms with Gasteiger partial charge in [-0.3, -0.25) is 4.98 Å². The maximum Gasteiger partial charge on any atom is 0.144 e. The molecule has 6 rings (SSSR count). The second-order valence-corrected chi connectivity index (χ2v) is 7.87. The normalized spacial score (nSPS) is 13.7. The van der Waals surface area contributed by atoms with Crippen molar-refractivity contribution in [2.45, 2.75) is 25.7 Å². The van der Waals surface area contributed by atoms with Gasteiger partial charge >= 0.3 is 0 Å². The van der Waals surface area contributed by atoms with Gasteiger partial charge in [0.05, 0.1) is 5.69 Å². The van der Waals surface area contributed by atoms with Crippen molar-refractivity contribution in [1.82, 2.24) is 4.98 Å². The molecule has 2 aromatic heterocycles. The molecule has 0 unspecified atom stereocenters. The van der Waals surface area contributed by atoms with Crippen molar-refractivity contribution in [2.75, 3.05) is 0 Å². The third-order valence-corrected chi connectivity index (χ3v) is 6.13. The number of aromatic nitrogens is 1. The van der Waals surface area contributed by atoms with E-state index in [0.29, 0.717) is 0 Å². The van der Waals surface area contributed by atoms with Gasteiger partial charge in [-0.15, -0.1) is 0 Å². The molecule has 3 aromatic carbocycles. The number of pyridine rings is 1. The Bertz CT molecular complexity index is 1350. The highest BCUT2D eigenvalue weighted by Gasteiger charge is 2.19. The minimum Gasteiger partial charge on any atom is -0.455 e. The maximum atomic E-state index is 6.38. The molecule has 0 saturated heterocycles. The van der Waals surface area contributed by atoms with E-state index in [1.807, 2.05) is 6.20 Å². The van der Waals surface area contributed by atoms with Gasteiger partial charge in [0.15, 0.2) is 0 Å². The molecule has 0 atom stereocenters. The standard InChI is InChI=1S/C27H21NO/c1-2-7-18(8-3-1)20-13-14-25-24(17-20)22-11-6-12-23(27(22)29-25)26-21-10-5-4-9-19(21)15-16-28-26/h1-3,6-8,11-17H,4-5,9-10H2. The van der Waals surface area contributed by atoms with Gasteiger partial charge in [0.2, 0.25) is 0 Å². The van der Waals surface area contributed by atoms with E-state index in [0.717, 1.165) is 46.0 Å². The second-order valence-electron chi connectivity index (χ2n) is 7.87. The highest BCUT2D eigenvalue weighted by atomic mass is 16.3. The zero-order valence-corrected chi connectivity index (χ0v) is 16.2. The number of rotatable bonds is 2. The predicted octanol–water partition coefficient (Wildman–Crippen LogP) is 7.19. The fourth-order valence-corrected chi connectivity index (χ4v) is 4.69. The van der Waals surface area contributed by atoms with Gasteiger partial charge in [-0.1, -0.05) is 48.5 Å². The Morgan fingerprint density at radius 1 is 0.724 bits per heavy atom. The molecule has 0 spiro atoms. The van der Waals surface area contributed by atoms with Gasteiger partial charge in [-0.2, -0.15) is 0 Å². The van der Waals surface area contributed by atoms with E-state index in [2.05, 4.69) is 72.8 Å². The molecule has 0 N–H and O–H groups in total. The van der Waals surface area contributed by atoms with Crippen molar-refractivity contribution in [2.24, 2.45) is 0 Å². The summed E-state index contributed by atoms with van der Waals surface area (Å²) in [5, 5.41) is 2.32. The molecular formula is C27H21NO. The molecule has 2 nitrogen and oxygen atoms in total. The molecule has 0 bridgehead atoms. The Morgan fingerprint density at radius 3 is 2.55 bits per heavy atom. The molecule has 0 fully saturated rings. The summed E-state index contributed by atoms with van der Waals surface area (Å²) in [6, 6.07) is 25.6. The van der Waals surface area contributed by atoms with Crippen LogP contribution in [0.25, 0.3) is 44.3 Å². The Labute approximate surface area is 169 Å². The van der Waals surface area contributed by atoms with Gasteiger partial charge in [0, 0.05) is 22.5 Å². The van der Waals surface area contributed by atoms with Crippen LogP contribution in [0.15, 0.2) is 83.4 Å². The number of benzene rings is 3. The van der Waals surface area contributed by atoms with Crippen LogP contribution in [0.1, 0.15) is 24.0 Å². The molecule has 140 valence electrons. The first-order valence-corrected chi connectivity index (χ1v) is 10.4. The number of nitrogens with zero attached hydrogens (tertiary/aromatic N) is 1. The van der Waals surface area contributed by atoms with E-state index in [-0.39, 0.29) is 0 Å². The average Bonchev–Trinajstić information content (AvgIpc) is 3.17. The molecular weight excluding hydrogens is 354 g/mol. The predicted molar refractivity (Wildman–Crippen MR) is 119 cm³/mol. The smallest absolute Gasteiger partial charge is 0.144 e. The lowest BCUT2D eigenvalue weighted by atomic mass is 9.89. The summed E-state index contributed by atoms with van der Waals surface area (Å²) in [4.78, 5) is 4.79. The first-order valence-electron chi connectivity index (χ1n) is 10.4. The molecule has 0 amide bonds. The number of fused-ring (bicyclic) bond motifs is 4. The molecule has 1 aliphatic rings. The second kappa shape index (κ2) is 6.59. The molecule has 0 saturated carbocycles. The fraction of sp³-hybridized carbons (Fsp3) is 0.148. The first kappa shape index (κ1) is 16.6. The SMILES string of the molecule is c1ccc(-c2ccc3oc4c(-c5nccc6c5CCCC6)cccc4c3c2)cc1. The van der Waals surface area contributed by atoms with Crippen LogP contribution in [0.3, 0.4) is 0 Å². The molecule has 0 aliphatic heterocycles. The van der Waals surface area contributed by atoms with Crippen LogP contribution in [-0.2, 0) is 12.8 Å². The number of aryl methyl sites for hydroxylation is 1. The van der Waals surface area contributed by atoms with Crippen molar-refractivity contribution in [3.63, 3.8) is 0 Å². The van der Waals surface area contributed by atoms with Crippen molar-refractivity contribution >= 4 is 21.9 Å².